The minimum Gasteiger partial charge on any atom is -0.466 e. The summed E-state index contributed by atoms with van der Waals surface area (Å²) in [5.74, 6) is 0.857. The van der Waals surface area contributed by atoms with Crippen LogP contribution in [-0.2, 0) is 0 Å². The van der Waals surface area contributed by atoms with Gasteiger partial charge in [-0.25, -0.2) is 0 Å². The number of benzene rings is 1. The van der Waals surface area contributed by atoms with Crippen LogP contribution in [-0.4, -0.2) is 8.75 Å². The van der Waals surface area contributed by atoms with Crippen molar-refractivity contribution in [1.82, 2.24) is 0 Å². The van der Waals surface area contributed by atoms with Gasteiger partial charge < -0.3 is 4.74 Å². The summed E-state index contributed by atoms with van der Waals surface area (Å²) in [4.78, 5) is 0. The van der Waals surface area contributed by atoms with Gasteiger partial charge in [0, 0.05) is 11.8 Å². The normalized spacial score (nSPS) is 11.4. The molecule has 0 spiro atoms. The van der Waals surface area contributed by atoms with Crippen LogP contribution in [0.3, 0.4) is 0 Å². The molecule has 14 heavy (non-hydrogen) atoms. The fourth-order valence-corrected chi connectivity index (χ4v) is 2.20. The van der Waals surface area contributed by atoms with Crippen LogP contribution in [0.2, 0.25) is 0 Å². The monoisotopic (exact) mass is 384 g/mol. The third-order valence-corrected chi connectivity index (χ3v) is 3.29. The summed E-state index contributed by atoms with van der Waals surface area (Å²) in [6.45, 7) is 0. The molecule has 0 atom stereocenters. The number of rotatable bonds is 5. The lowest BCUT2D eigenvalue weighted by Crippen LogP contribution is -2.20. The van der Waals surface area contributed by atoms with E-state index in [1.165, 1.54) is 0 Å². The Morgan fingerprint density at radius 3 is 2.36 bits per heavy atom. The summed E-state index contributed by atoms with van der Waals surface area (Å²) in [6.07, 6.45) is 1.94. The standard InChI is InChI=1S/C10H11Br3O/c11-8-4-7-10(12,13)14-9-5-2-1-3-6-9/h1-3,5-6H,4,7-8H2. The van der Waals surface area contributed by atoms with Crippen molar-refractivity contribution in [3.8, 4) is 5.75 Å². The molecule has 4 heteroatoms. The van der Waals surface area contributed by atoms with E-state index >= 15 is 0 Å². The van der Waals surface area contributed by atoms with Crippen LogP contribution in [0.25, 0.3) is 0 Å². The average molecular weight is 387 g/mol. The Hall–Kier alpha value is 0.460. The first-order valence-electron chi connectivity index (χ1n) is 4.32. The molecule has 0 aliphatic rings. The minimum absolute atomic E-state index is 0.449. The van der Waals surface area contributed by atoms with Crippen LogP contribution in [0, 0.1) is 0 Å². The third kappa shape index (κ3) is 4.80. The highest BCUT2D eigenvalue weighted by atomic mass is 79.9. The van der Waals surface area contributed by atoms with Gasteiger partial charge in [0.15, 0.2) is 0 Å². The minimum atomic E-state index is -0.449. The Labute approximate surface area is 110 Å². The molecule has 0 radical (unpaired) electrons. The molecule has 78 valence electrons. The first-order chi connectivity index (χ1) is 6.64. The van der Waals surface area contributed by atoms with Crippen molar-refractivity contribution in [2.75, 3.05) is 5.33 Å². The predicted molar refractivity (Wildman–Crippen MR) is 70.7 cm³/mol. The number of para-hydroxylation sites is 1. The van der Waals surface area contributed by atoms with Crippen LogP contribution >= 0.6 is 47.8 Å². The molecule has 0 aromatic heterocycles. The molecule has 0 saturated carbocycles. The SMILES string of the molecule is BrCCCC(Br)(Br)Oc1ccccc1. The Bertz CT molecular complexity index is 261. The largest absolute Gasteiger partial charge is 0.466 e. The zero-order valence-corrected chi connectivity index (χ0v) is 12.3. The Morgan fingerprint density at radius 2 is 1.79 bits per heavy atom. The van der Waals surface area contributed by atoms with E-state index in [9.17, 15) is 0 Å². The number of halogens is 3. The molecule has 0 N–H and O–H groups in total. The van der Waals surface area contributed by atoms with Crippen LogP contribution in [0.4, 0.5) is 0 Å². The highest BCUT2D eigenvalue weighted by Gasteiger charge is 2.23. The number of hydrogen-bond donors (Lipinski definition) is 0. The van der Waals surface area contributed by atoms with E-state index in [4.69, 9.17) is 4.74 Å². The smallest absolute Gasteiger partial charge is 0.217 e. The van der Waals surface area contributed by atoms with Crippen molar-refractivity contribution in [2.24, 2.45) is 0 Å². The number of ether oxygens (including phenoxy) is 1. The Morgan fingerprint density at radius 1 is 1.14 bits per heavy atom. The molecule has 0 fully saturated rings. The molecule has 1 nitrogen and oxygen atoms in total. The summed E-state index contributed by atoms with van der Waals surface area (Å²) in [5.41, 5.74) is 0. The van der Waals surface area contributed by atoms with Crippen molar-refractivity contribution >= 4 is 47.8 Å². The number of alkyl halides is 3. The van der Waals surface area contributed by atoms with Gasteiger partial charge in [0.2, 0.25) is 3.42 Å². The van der Waals surface area contributed by atoms with Gasteiger partial charge in [0.05, 0.1) is 0 Å². The molecule has 1 rings (SSSR count). The van der Waals surface area contributed by atoms with Crippen LogP contribution in [0.1, 0.15) is 12.8 Å². The van der Waals surface area contributed by atoms with Gasteiger partial charge in [-0.3, -0.25) is 0 Å². The fraction of sp³-hybridized carbons (Fsp3) is 0.400. The van der Waals surface area contributed by atoms with Gasteiger partial charge in [0.25, 0.3) is 0 Å². The highest BCUT2D eigenvalue weighted by molar-refractivity contribution is 9.25. The summed E-state index contributed by atoms with van der Waals surface area (Å²) in [5, 5.41) is 0.976. The second kappa shape index (κ2) is 6.13. The molecule has 0 unspecified atom stereocenters. The van der Waals surface area contributed by atoms with Crippen molar-refractivity contribution < 1.29 is 4.74 Å². The fourth-order valence-electron chi connectivity index (χ4n) is 0.985. The zero-order chi connectivity index (χ0) is 10.4. The van der Waals surface area contributed by atoms with Crippen molar-refractivity contribution in [2.45, 2.75) is 16.3 Å². The van der Waals surface area contributed by atoms with E-state index in [0.717, 1.165) is 23.9 Å². The van der Waals surface area contributed by atoms with E-state index in [2.05, 4.69) is 47.8 Å². The molecule has 0 bridgehead atoms. The van der Waals surface area contributed by atoms with Gasteiger partial charge in [-0.05, 0) is 50.4 Å². The average Bonchev–Trinajstić information content (AvgIpc) is 2.16. The molecular weight excluding hydrogens is 376 g/mol. The van der Waals surface area contributed by atoms with E-state index in [-0.39, 0.29) is 0 Å². The maximum absolute atomic E-state index is 5.72. The van der Waals surface area contributed by atoms with Gasteiger partial charge in [0.1, 0.15) is 5.75 Å². The van der Waals surface area contributed by atoms with Crippen LogP contribution in [0.15, 0.2) is 30.3 Å². The highest BCUT2D eigenvalue weighted by Crippen LogP contribution is 2.34. The predicted octanol–water partition coefficient (Wildman–Crippen LogP) is 4.68. The summed E-state index contributed by atoms with van der Waals surface area (Å²) >= 11 is 10.4. The van der Waals surface area contributed by atoms with Gasteiger partial charge in [-0.1, -0.05) is 34.1 Å². The second-order valence-corrected chi connectivity index (χ2v) is 7.26. The first kappa shape index (κ1) is 12.5. The molecule has 0 aliphatic carbocycles. The van der Waals surface area contributed by atoms with Gasteiger partial charge in [-0.2, -0.15) is 0 Å². The lowest BCUT2D eigenvalue weighted by atomic mass is 10.3. The number of hydrogen-bond acceptors (Lipinski definition) is 1. The maximum atomic E-state index is 5.72. The van der Waals surface area contributed by atoms with Crippen LogP contribution in [0.5, 0.6) is 5.75 Å². The van der Waals surface area contributed by atoms with Gasteiger partial charge >= 0.3 is 0 Å². The lowest BCUT2D eigenvalue weighted by molar-refractivity contribution is 0.258. The topological polar surface area (TPSA) is 9.23 Å². The van der Waals surface area contributed by atoms with E-state index < -0.39 is 3.42 Å². The van der Waals surface area contributed by atoms with Crippen LogP contribution < -0.4 is 4.74 Å². The molecular formula is C10H11Br3O. The summed E-state index contributed by atoms with van der Waals surface area (Å²) in [7, 11) is 0. The quantitative estimate of drug-likeness (QED) is 0.667. The molecule has 0 aliphatic heterocycles. The Balaban J connectivity index is 2.50. The summed E-state index contributed by atoms with van der Waals surface area (Å²) < 4.78 is 5.27. The molecule has 1 aromatic rings. The molecule has 0 amide bonds. The van der Waals surface area contributed by atoms with Gasteiger partial charge in [-0.15, -0.1) is 0 Å². The lowest BCUT2D eigenvalue weighted by Gasteiger charge is -2.21. The molecule has 0 saturated heterocycles. The summed E-state index contributed by atoms with van der Waals surface area (Å²) in [6, 6.07) is 9.75. The van der Waals surface area contributed by atoms with Crippen molar-refractivity contribution in [1.29, 1.82) is 0 Å². The zero-order valence-electron chi connectivity index (χ0n) is 7.55. The first-order valence-corrected chi connectivity index (χ1v) is 7.03. The van der Waals surface area contributed by atoms with E-state index in [1.807, 2.05) is 30.3 Å². The third-order valence-electron chi connectivity index (χ3n) is 1.61. The second-order valence-electron chi connectivity index (χ2n) is 2.84. The van der Waals surface area contributed by atoms with Crippen molar-refractivity contribution in [3.63, 3.8) is 0 Å². The van der Waals surface area contributed by atoms with E-state index in [1.54, 1.807) is 0 Å². The van der Waals surface area contributed by atoms with Crippen molar-refractivity contribution in [3.05, 3.63) is 30.3 Å². The van der Waals surface area contributed by atoms with E-state index in [0.29, 0.717) is 0 Å². The molecule has 1 aromatic carbocycles. The Kier molecular flexibility index (Phi) is 5.49. The maximum Gasteiger partial charge on any atom is 0.217 e. The molecule has 0 heterocycles.